The number of aliphatic hydroxyl groups excluding tert-OH is 1. The average molecular weight is 276 g/mol. The molecule has 0 aromatic carbocycles. The van der Waals surface area contributed by atoms with Gasteiger partial charge in [-0.2, -0.15) is 8.42 Å². The minimum Gasteiger partial charge on any atom is -0.386 e. The van der Waals surface area contributed by atoms with Crippen LogP contribution >= 0.6 is 11.8 Å². The van der Waals surface area contributed by atoms with Crippen LogP contribution in [0, 0.1) is 0 Å². The van der Waals surface area contributed by atoms with Gasteiger partial charge in [-0.1, -0.05) is 0 Å². The second-order valence-electron chi connectivity index (χ2n) is 4.48. The number of quaternary nitrogens is 1. The SMILES string of the molecule is C[N+](C)(CCCNCl)CC(O)CS(=O)(=O)O. The van der Waals surface area contributed by atoms with E-state index < -0.39 is 22.0 Å². The maximum absolute atomic E-state index is 10.5. The van der Waals surface area contributed by atoms with E-state index in [0.29, 0.717) is 11.0 Å². The summed E-state index contributed by atoms with van der Waals surface area (Å²) >= 11 is 5.30. The summed E-state index contributed by atoms with van der Waals surface area (Å²) in [4.78, 5) is 2.50. The number of hydrogen-bond acceptors (Lipinski definition) is 4. The number of halogens is 1. The van der Waals surface area contributed by atoms with Crippen LogP contribution in [-0.2, 0) is 10.1 Å². The van der Waals surface area contributed by atoms with Crippen LogP contribution in [0.15, 0.2) is 0 Å². The Morgan fingerprint density at radius 2 is 2.00 bits per heavy atom. The topological polar surface area (TPSA) is 86.6 Å². The first-order valence-electron chi connectivity index (χ1n) is 4.95. The average Bonchev–Trinajstić information content (AvgIpc) is 1.98. The fourth-order valence-electron chi connectivity index (χ4n) is 1.53. The predicted molar refractivity (Wildman–Crippen MR) is 62.7 cm³/mol. The molecule has 0 amide bonds. The second-order valence-corrected chi connectivity index (χ2v) is 6.25. The molecule has 0 spiro atoms. The molecule has 3 N–H and O–H groups in total. The Hall–Kier alpha value is 0.0800. The van der Waals surface area contributed by atoms with Crippen LogP contribution in [0.1, 0.15) is 6.42 Å². The van der Waals surface area contributed by atoms with Gasteiger partial charge in [-0.05, 0) is 11.8 Å². The Morgan fingerprint density at radius 1 is 1.44 bits per heavy atom. The maximum Gasteiger partial charge on any atom is 0.267 e. The fourth-order valence-corrected chi connectivity index (χ4v) is 2.26. The Kier molecular flexibility index (Phi) is 6.76. The highest BCUT2D eigenvalue weighted by molar-refractivity contribution is 7.85. The van der Waals surface area contributed by atoms with Crippen molar-refractivity contribution in [3.05, 3.63) is 0 Å². The van der Waals surface area contributed by atoms with Gasteiger partial charge in [-0.15, -0.1) is 0 Å². The molecule has 0 aliphatic rings. The van der Waals surface area contributed by atoms with Crippen LogP contribution in [0.4, 0.5) is 0 Å². The van der Waals surface area contributed by atoms with Crippen LogP contribution in [0.2, 0.25) is 0 Å². The van der Waals surface area contributed by atoms with Crippen LogP contribution < -0.4 is 4.84 Å². The number of nitrogens with zero attached hydrogens (tertiary/aromatic N) is 1. The van der Waals surface area contributed by atoms with E-state index in [1.165, 1.54) is 0 Å². The Morgan fingerprint density at radius 3 is 2.44 bits per heavy atom. The zero-order valence-corrected chi connectivity index (χ0v) is 11.1. The molecule has 1 unspecified atom stereocenters. The molecule has 0 saturated heterocycles. The lowest BCUT2D eigenvalue weighted by Gasteiger charge is -2.31. The summed E-state index contributed by atoms with van der Waals surface area (Å²) in [6.07, 6.45) is -0.247. The third kappa shape index (κ3) is 9.32. The van der Waals surface area contributed by atoms with Gasteiger partial charge in [0.25, 0.3) is 10.1 Å². The van der Waals surface area contributed by atoms with Gasteiger partial charge in [0.2, 0.25) is 0 Å². The van der Waals surface area contributed by atoms with Crippen molar-refractivity contribution in [2.24, 2.45) is 0 Å². The van der Waals surface area contributed by atoms with Crippen molar-refractivity contribution in [1.29, 1.82) is 0 Å². The molecule has 6 nitrogen and oxygen atoms in total. The van der Waals surface area contributed by atoms with Crippen molar-refractivity contribution >= 4 is 21.9 Å². The van der Waals surface area contributed by atoms with Crippen LogP contribution in [0.5, 0.6) is 0 Å². The molecule has 0 fully saturated rings. The number of aliphatic hydroxyl groups is 1. The van der Waals surface area contributed by atoms with Crippen molar-refractivity contribution < 1.29 is 22.6 Å². The zero-order valence-electron chi connectivity index (χ0n) is 9.56. The molecule has 0 aromatic rings. The van der Waals surface area contributed by atoms with Crippen LogP contribution in [0.3, 0.4) is 0 Å². The van der Waals surface area contributed by atoms with Crippen molar-refractivity contribution in [3.63, 3.8) is 0 Å². The third-order valence-corrected chi connectivity index (χ3v) is 3.14. The van der Waals surface area contributed by atoms with Gasteiger partial charge in [-0.25, -0.2) is 4.84 Å². The smallest absolute Gasteiger partial charge is 0.267 e. The minimum absolute atomic E-state index is 0.266. The van der Waals surface area contributed by atoms with E-state index in [4.69, 9.17) is 16.3 Å². The summed E-state index contributed by atoms with van der Waals surface area (Å²) in [5.74, 6) is -0.623. The molecule has 98 valence electrons. The lowest BCUT2D eigenvalue weighted by Crippen LogP contribution is -2.48. The monoisotopic (exact) mass is 275 g/mol. The Bertz CT molecular complexity index is 294. The maximum atomic E-state index is 10.5. The quantitative estimate of drug-likeness (QED) is 0.239. The highest BCUT2D eigenvalue weighted by atomic mass is 35.5. The first-order chi connectivity index (χ1) is 7.16. The van der Waals surface area contributed by atoms with Crippen LogP contribution in [0.25, 0.3) is 0 Å². The molecule has 0 radical (unpaired) electrons. The normalized spacial score (nSPS) is 15.1. The second kappa shape index (κ2) is 6.73. The van der Waals surface area contributed by atoms with Crippen molar-refractivity contribution in [2.75, 3.05) is 39.5 Å². The van der Waals surface area contributed by atoms with E-state index >= 15 is 0 Å². The van der Waals surface area contributed by atoms with Gasteiger partial charge in [0.1, 0.15) is 18.4 Å². The van der Waals surface area contributed by atoms with E-state index in [1.54, 1.807) is 0 Å². The number of hydrogen-bond donors (Lipinski definition) is 3. The summed E-state index contributed by atoms with van der Waals surface area (Å²) in [7, 11) is -0.361. The number of likely N-dealkylation sites (N-methyl/N-ethyl adjacent to an activating group) is 1. The van der Waals surface area contributed by atoms with Crippen LogP contribution in [-0.4, -0.2) is 68.1 Å². The molecular formula is C8H20ClN2O4S+. The number of rotatable bonds is 8. The van der Waals surface area contributed by atoms with E-state index in [2.05, 4.69) is 4.84 Å². The summed E-state index contributed by atoms with van der Waals surface area (Å²) in [6, 6.07) is 0. The lowest BCUT2D eigenvalue weighted by atomic mass is 10.3. The van der Waals surface area contributed by atoms with Gasteiger partial charge >= 0.3 is 0 Å². The molecule has 0 saturated carbocycles. The predicted octanol–water partition coefficient (Wildman–Crippen LogP) is -0.555. The van der Waals surface area contributed by atoms with Gasteiger partial charge in [0.15, 0.2) is 0 Å². The van der Waals surface area contributed by atoms with Gasteiger partial charge in [-0.3, -0.25) is 4.55 Å². The molecule has 0 aromatic heterocycles. The van der Waals surface area contributed by atoms with E-state index in [0.717, 1.165) is 13.0 Å². The highest BCUT2D eigenvalue weighted by Gasteiger charge is 2.23. The fraction of sp³-hybridized carbons (Fsp3) is 1.00. The first kappa shape index (κ1) is 16.1. The third-order valence-electron chi connectivity index (χ3n) is 2.14. The molecule has 0 aliphatic carbocycles. The molecule has 0 heterocycles. The van der Waals surface area contributed by atoms with Crippen molar-refractivity contribution in [3.8, 4) is 0 Å². The summed E-state index contributed by atoms with van der Waals surface area (Å²) < 4.78 is 30.1. The van der Waals surface area contributed by atoms with Crippen molar-refractivity contribution in [1.82, 2.24) is 4.84 Å². The summed E-state index contributed by atoms with van der Waals surface area (Å²) in [6.45, 7) is 1.67. The zero-order chi connectivity index (χ0) is 12.8. The molecule has 8 heteroatoms. The largest absolute Gasteiger partial charge is 0.386 e. The number of nitrogens with one attached hydrogen (secondary N) is 1. The molecule has 0 aliphatic heterocycles. The van der Waals surface area contributed by atoms with E-state index in [1.807, 2.05) is 14.1 Å². The summed E-state index contributed by atoms with van der Waals surface area (Å²) in [5, 5.41) is 9.48. The first-order valence-corrected chi connectivity index (χ1v) is 6.94. The summed E-state index contributed by atoms with van der Waals surface area (Å²) in [5.41, 5.74) is 0. The molecule has 0 rings (SSSR count). The Balaban J connectivity index is 4.04. The molecule has 1 atom stereocenters. The van der Waals surface area contributed by atoms with Gasteiger partial charge < -0.3 is 9.59 Å². The lowest BCUT2D eigenvalue weighted by molar-refractivity contribution is -0.893. The molecule has 16 heavy (non-hydrogen) atoms. The standard InChI is InChI=1S/C8H19ClN2O4S/c1-11(2,5-3-4-10-9)6-8(12)7-16(13,14)15/h8,10,12H,3-7H2,1-2H3/p+1. The van der Waals surface area contributed by atoms with E-state index in [-0.39, 0.29) is 6.54 Å². The molecular weight excluding hydrogens is 256 g/mol. The van der Waals surface area contributed by atoms with E-state index in [9.17, 15) is 13.5 Å². The minimum atomic E-state index is -4.11. The van der Waals surface area contributed by atoms with Gasteiger partial charge in [0.05, 0.1) is 20.6 Å². The Labute approximate surface area is 102 Å². The van der Waals surface area contributed by atoms with Crippen molar-refractivity contribution in [2.45, 2.75) is 12.5 Å². The van der Waals surface area contributed by atoms with Gasteiger partial charge in [0, 0.05) is 13.0 Å². The molecule has 0 bridgehead atoms. The highest BCUT2D eigenvalue weighted by Crippen LogP contribution is 2.03.